The largest absolute Gasteiger partial charge is 0.333 e. The lowest BCUT2D eigenvalue weighted by Crippen LogP contribution is -1.97. The van der Waals surface area contributed by atoms with Gasteiger partial charge in [-0.2, -0.15) is 11.8 Å². The van der Waals surface area contributed by atoms with E-state index in [4.69, 9.17) is 11.6 Å². The summed E-state index contributed by atoms with van der Waals surface area (Å²) in [5, 5.41) is 0.650. The number of nitrogens with zero attached hydrogens (tertiary/aromatic N) is 1. The Morgan fingerprint density at radius 2 is 2.64 bits per heavy atom. The maximum Gasteiger partial charge on any atom is 0.126 e. The van der Waals surface area contributed by atoms with E-state index in [1.807, 2.05) is 11.8 Å². The third-order valence-electron chi connectivity index (χ3n) is 1.88. The van der Waals surface area contributed by atoms with E-state index in [9.17, 15) is 0 Å². The summed E-state index contributed by atoms with van der Waals surface area (Å²) in [6, 6.07) is 0. The van der Waals surface area contributed by atoms with E-state index >= 15 is 0 Å². The van der Waals surface area contributed by atoms with Crippen LogP contribution in [-0.4, -0.2) is 21.5 Å². The van der Waals surface area contributed by atoms with Gasteiger partial charge in [0, 0.05) is 11.7 Å². The topological polar surface area (TPSA) is 28.7 Å². The Morgan fingerprint density at radius 3 is 3.18 bits per heavy atom. The van der Waals surface area contributed by atoms with Gasteiger partial charge in [0.25, 0.3) is 0 Å². The number of thioether (sulfide) groups is 1. The second kappa shape index (κ2) is 3.07. The number of nitrogens with one attached hydrogen (secondary N) is 1. The molecule has 0 bridgehead atoms. The van der Waals surface area contributed by atoms with E-state index in [0.29, 0.717) is 11.1 Å². The normalized spacial score (nSPS) is 24.3. The molecule has 1 aliphatic rings. The number of hydrogen-bond acceptors (Lipinski definition) is 2. The van der Waals surface area contributed by atoms with Gasteiger partial charge in [-0.15, -0.1) is 0 Å². The number of imidazole rings is 1. The first-order valence-electron chi connectivity index (χ1n) is 3.64. The fraction of sp³-hybridized carbons (Fsp3) is 0.571. The number of rotatable bonds is 1. The summed E-state index contributed by atoms with van der Waals surface area (Å²) < 4.78 is 0. The zero-order valence-electron chi connectivity index (χ0n) is 6.01. The molecular formula is C7H9ClN2S. The molecule has 2 rings (SSSR count). The number of H-pyrrole nitrogens is 1. The minimum Gasteiger partial charge on any atom is -0.333 e. The second-order valence-corrected chi connectivity index (χ2v) is 4.23. The van der Waals surface area contributed by atoms with E-state index in [1.54, 1.807) is 6.20 Å². The lowest BCUT2D eigenvalue weighted by atomic mass is 10.1. The number of aromatic nitrogens is 2. The van der Waals surface area contributed by atoms with Crippen molar-refractivity contribution in [2.75, 3.05) is 11.5 Å². The highest BCUT2D eigenvalue weighted by Gasteiger charge is 2.19. The molecule has 1 aromatic rings. The molecule has 2 heterocycles. The van der Waals surface area contributed by atoms with Crippen molar-refractivity contribution in [2.45, 2.75) is 12.3 Å². The Morgan fingerprint density at radius 1 is 1.73 bits per heavy atom. The smallest absolute Gasteiger partial charge is 0.126 e. The van der Waals surface area contributed by atoms with Crippen LogP contribution in [0.1, 0.15) is 18.2 Å². The molecule has 4 heteroatoms. The molecule has 11 heavy (non-hydrogen) atoms. The third kappa shape index (κ3) is 1.54. The molecule has 60 valence electrons. The van der Waals surface area contributed by atoms with Crippen LogP contribution in [0.3, 0.4) is 0 Å². The number of halogens is 1. The summed E-state index contributed by atoms with van der Waals surface area (Å²) in [5.74, 6) is 4.10. The van der Waals surface area contributed by atoms with Crippen LogP contribution in [0.4, 0.5) is 0 Å². The van der Waals surface area contributed by atoms with Crippen molar-refractivity contribution in [2.24, 2.45) is 0 Å². The quantitative estimate of drug-likeness (QED) is 0.733. The van der Waals surface area contributed by atoms with Gasteiger partial charge >= 0.3 is 0 Å². The summed E-state index contributed by atoms with van der Waals surface area (Å²) in [6.07, 6.45) is 2.91. The van der Waals surface area contributed by atoms with Gasteiger partial charge in [0.05, 0.1) is 6.20 Å². The van der Waals surface area contributed by atoms with E-state index in [2.05, 4.69) is 9.97 Å². The van der Waals surface area contributed by atoms with Gasteiger partial charge in [0.15, 0.2) is 0 Å². The van der Waals surface area contributed by atoms with Crippen LogP contribution in [0.25, 0.3) is 0 Å². The monoisotopic (exact) mass is 188 g/mol. The van der Waals surface area contributed by atoms with Crippen LogP contribution in [0.2, 0.25) is 5.15 Å². The molecule has 0 saturated carbocycles. The molecule has 1 fully saturated rings. The van der Waals surface area contributed by atoms with Crippen molar-refractivity contribution in [3.8, 4) is 0 Å². The van der Waals surface area contributed by atoms with Crippen LogP contribution in [-0.2, 0) is 0 Å². The van der Waals surface area contributed by atoms with Crippen molar-refractivity contribution in [1.82, 2.24) is 9.97 Å². The molecule has 0 aromatic carbocycles. The predicted octanol–water partition coefficient (Wildman–Crippen LogP) is 2.28. The second-order valence-electron chi connectivity index (χ2n) is 2.68. The third-order valence-corrected chi connectivity index (χ3v) is 3.24. The van der Waals surface area contributed by atoms with E-state index < -0.39 is 0 Å². The molecular weight excluding hydrogens is 180 g/mol. The van der Waals surface area contributed by atoms with Gasteiger partial charge in [-0.05, 0) is 12.2 Å². The average Bonchev–Trinajstić information content (AvgIpc) is 2.55. The standard InChI is InChI=1S/C7H9ClN2S/c8-6-3-9-7(10-6)5-1-2-11-4-5/h3,5H,1-2,4H2,(H,9,10). The van der Waals surface area contributed by atoms with Crippen LogP contribution < -0.4 is 0 Å². The van der Waals surface area contributed by atoms with Gasteiger partial charge in [0.1, 0.15) is 11.0 Å². The van der Waals surface area contributed by atoms with Gasteiger partial charge < -0.3 is 4.98 Å². The fourth-order valence-electron chi connectivity index (χ4n) is 1.27. The highest BCUT2D eigenvalue weighted by atomic mass is 35.5. The minimum absolute atomic E-state index is 0.604. The first-order valence-corrected chi connectivity index (χ1v) is 5.17. The maximum atomic E-state index is 5.71. The molecule has 1 aliphatic heterocycles. The van der Waals surface area contributed by atoms with Crippen molar-refractivity contribution in [3.05, 3.63) is 17.2 Å². The molecule has 1 saturated heterocycles. The average molecular weight is 189 g/mol. The predicted molar refractivity (Wildman–Crippen MR) is 48.3 cm³/mol. The molecule has 1 atom stereocenters. The first kappa shape index (κ1) is 7.50. The Labute approximate surface area is 74.7 Å². The molecule has 0 spiro atoms. The zero-order valence-corrected chi connectivity index (χ0v) is 7.58. The molecule has 2 nitrogen and oxygen atoms in total. The lowest BCUT2D eigenvalue weighted by molar-refractivity contribution is 0.730. The van der Waals surface area contributed by atoms with Crippen LogP contribution in [0.5, 0.6) is 0 Å². The first-order chi connectivity index (χ1) is 5.36. The Kier molecular flexibility index (Phi) is 2.09. The molecule has 0 aliphatic carbocycles. The van der Waals surface area contributed by atoms with Crippen LogP contribution >= 0.6 is 23.4 Å². The maximum absolute atomic E-state index is 5.71. The van der Waals surface area contributed by atoms with Crippen molar-refractivity contribution < 1.29 is 0 Å². The zero-order chi connectivity index (χ0) is 7.68. The molecule has 0 radical (unpaired) electrons. The molecule has 1 N–H and O–H groups in total. The Balaban J connectivity index is 2.15. The summed E-state index contributed by atoms with van der Waals surface area (Å²) in [4.78, 5) is 7.26. The van der Waals surface area contributed by atoms with Gasteiger partial charge in [0.2, 0.25) is 0 Å². The van der Waals surface area contributed by atoms with Gasteiger partial charge in [-0.1, -0.05) is 11.6 Å². The number of aromatic amines is 1. The SMILES string of the molecule is Clc1cnc(C2CCSC2)[nH]1. The van der Waals surface area contributed by atoms with Crippen LogP contribution in [0.15, 0.2) is 6.20 Å². The van der Waals surface area contributed by atoms with E-state index in [1.165, 1.54) is 17.9 Å². The Bertz CT molecular complexity index is 242. The minimum atomic E-state index is 0.604. The van der Waals surface area contributed by atoms with Crippen molar-refractivity contribution in [3.63, 3.8) is 0 Å². The van der Waals surface area contributed by atoms with E-state index in [-0.39, 0.29) is 0 Å². The summed E-state index contributed by atoms with van der Waals surface area (Å²) in [6.45, 7) is 0. The molecule has 0 amide bonds. The summed E-state index contributed by atoms with van der Waals surface area (Å²) >= 11 is 7.70. The van der Waals surface area contributed by atoms with Crippen LogP contribution in [0, 0.1) is 0 Å². The summed E-state index contributed by atoms with van der Waals surface area (Å²) in [5.41, 5.74) is 0. The van der Waals surface area contributed by atoms with Crippen molar-refractivity contribution >= 4 is 23.4 Å². The van der Waals surface area contributed by atoms with Gasteiger partial charge in [-0.25, -0.2) is 4.98 Å². The van der Waals surface area contributed by atoms with Crippen molar-refractivity contribution in [1.29, 1.82) is 0 Å². The fourth-order valence-corrected chi connectivity index (χ4v) is 2.64. The molecule has 1 unspecified atom stereocenters. The van der Waals surface area contributed by atoms with E-state index in [0.717, 1.165) is 5.82 Å². The Hall–Kier alpha value is -0.150. The highest BCUT2D eigenvalue weighted by molar-refractivity contribution is 7.99. The number of hydrogen-bond donors (Lipinski definition) is 1. The van der Waals surface area contributed by atoms with Gasteiger partial charge in [-0.3, -0.25) is 0 Å². The summed E-state index contributed by atoms with van der Waals surface area (Å²) in [7, 11) is 0. The lowest BCUT2D eigenvalue weighted by Gasteiger charge is -2.01. The molecule has 1 aromatic heterocycles. The highest BCUT2D eigenvalue weighted by Crippen LogP contribution is 2.30.